The summed E-state index contributed by atoms with van der Waals surface area (Å²) in [6.07, 6.45) is 1.08. The Morgan fingerprint density at radius 1 is 1.24 bits per heavy atom. The van der Waals surface area contributed by atoms with Crippen molar-refractivity contribution in [3.63, 3.8) is 0 Å². The average molecular weight is 334 g/mol. The third-order valence-electron chi connectivity index (χ3n) is 3.24. The first-order valence-electron chi connectivity index (χ1n) is 7.54. The monoisotopic (exact) mass is 333 g/mol. The largest absolute Gasteiger partial charge is 0.312 e. The Balaban J connectivity index is 2.59. The van der Waals surface area contributed by atoms with Crippen molar-refractivity contribution in [2.75, 3.05) is 32.7 Å². The lowest BCUT2D eigenvalue weighted by Crippen LogP contribution is -2.35. The number of thiophene rings is 1. The molecular formula is C14H27N3O2S2. The van der Waals surface area contributed by atoms with E-state index in [2.05, 4.69) is 28.8 Å². The summed E-state index contributed by atoms with van der Waals surface area (Å²) in [6, 6.07) is 1.68. The second kappa shape index (κ2) is 9.53. The van der Waals surface area contributed by atoms with Gasteiger partial charge in [0.1, 0.15) is 0 Å². The zero-order valence-corrected chi connectivity index (χ0v) is 14.8. The summed E-state index contributed by atoms with van der Waals surface area (Å²) in [4.78, 5) is 3.52. The van der Waals surface area contributed by atoms with Crippen LogP contribution in [0.15, 0.2) is 16.3 Å². The second-order valence-electron chi connectivity index (χ2n) is 4.82. The fourth-order valence-corrected chi connectivity index (χ4v) is 4.53. The number of hydrogen-bond donors (Lipinski definition) is 2. The molecule has 1 heterocycles. The molecule has 2 N–H and O–H groups in total. The van der Waals surface area contributed by atoms with Crippen molar-refractivity contribution in [3.8, 4) is 0 Å². The Labute approximate surface area is 132 Å². The molecule has 0 aromatic carbocycles. The predicted molar refractivity (Wildman–Crippen MR) is 89.3 cm³/mol. The second-order valence-corrected chi connectivity index (χ2v) is 7.56. The van der Waals surface area contributed by atoms with Crippen LogP contribution < -0.4 is 10.0 Å². The lowest BCUT2D eigenvalue weighted by molar-refractivity contribution is 0.293. The first kappa shape index (κ1) is 18.6. The maximum atomic E-state index is 12.4. The van der Waals surface area contributed by atoms with Crippen molar-refractivity contribution < 1.29 is 8.42 Å². The molecule has 1 aromatic rings. The molecule has 0 saturated carbocycles. The molecule has 0 aliphatic carbocycles. The van der Waals surface area contributed by atoms with Crippen LogP contribution in [0.4, 0.5) is 0 Å². The Morgan fingerprint density at radius 2 is 2.00 bits per heavy atom. The van der Waals surface area contributed by atoms with Crippen molar-refractivity contribution in [2.45, 2.75) is 38.6 Å². The summed E-state index contributed by atoms with van der Waals surface area (Å²) in [6.45, 7) is 10.8. The van der Waals surface area contributed by atoms with Gasteiger partial charge in [0.2, 0.25) is 10.0 Å². The van der Waals surface area contributed by atoms with Gasteiger partial charge < -0.3 is 10.2 Å². The van der Waals surface area contributed by atoms with Gasteiger partial charge in [-0.15, -0.1) is 11.3 Å². The van der Waals surface area contributed by atoms with Crippen LogP contribution in [-0.2, 0) is 16.6 Å². The summed E-state index contributed by atoms with van der Waals surface area (Å²) in [5.74, 6) is 0. The van der Waals surface area contributed by atoms with Gasteiger partial charge in [-0.05, 0) is 37.5 Å². The first-order chi connectivity index (χ1) is 10.0. The number of sulfonamides is 1. The number of nitrogens with zero attached hydrogens (tertiary/aromatic N) is 1. The molecule has 21 heavy (non-hydrogen) atoms. The molecule has 0 aliphatic rings. The van der Waals surface area contributed by atoms with Gasteiger partial charge in [0, 0.05) is 24.5 Å². The van der Waals surface area contributed by atoms with Gasteiger partial charge in [0.15, 0.2) is 0 Å². The molecule has 0 unspecified atom stereocenters. The Morgan fingerprint density at radius 3 is 2.62 bits per heavy atom. The fraction of sp³-hybridized carbons (Fsp3) is 0.714. The van der Waals surface area contributed by atoms with Crippen molar-refractivity contribution in [2.24, 2.45) is 0 Å². The summed E-state index contributed by atoms with van der Waals surface area (Å²) in [5.41, 5.74) is 0. The molecule has 0 atom stereocenters. The zero-order chi connectivity index (χ0) is 15.7. The van der Waals surface area contributed by atoms with Gasteiger partial charge in [-0.3, -0.25) is 0 Å². The molecular weight excluding hydrogens is 306 g/mol. The highest BCUT2D eigenvalue weighted by Crippen LogP contribution is 2.21. The minimum absolute atomic E-state index is 0.409. The van der Waals surface area contributed by atoms with E-state index in [1.54, 1.807) is 6.07 Å². The van der Waals surface area contributed by atoms with E-state index in [0.29, 0.717) is 18.0 Å². The van der Waals surface area contributed by atoms with E-state index in [4.69, 9.17) is 0 Å². The summed E-state index contributed by atoms with van der Waals surface area (Å²) >= 11 is 1.48. The number of likely N-dealkylation sites (N-methyl/N-ethyl adjacent to an activating group) is 1. The topological polar surface area (TPSA) is 61.4 Å². The van der Waals surface area contributed by atoms with Gasteiger partial charge in [-0.1, -0.05) is 20.8 Å². The molecule has 0 amide bonds. The van der Waals surface area contributed by atoms with Gasteiger partial charge in [-0.25, -0.2) is 13.1 Å². The van der Waals surface area contributed by atoms with E-state index in [-0.39, 0.29) is 0 Å². The molecule has 0 fully saturated rings. The Kier molecular flexibility index (Phi) is 8.43. The van der Waals surface area contributed by atoms with Gasteiger partial charge in [0.05, 0.1) is 4.90 Å². The third-order valence-corrected chi connectivity index (χ3v) is 5.83. The van der Waals surface area contributed by atoms with Crippen molar-refractivity contribution in [3.05, 3.63) is 16.3 Å². The normalized spacial score (nSPS) is 12.2. The Hall–Kier alpha value is -0.470. The minimum atomic E-state index is -3.40. The smallest absolute Gasteiger partial charge is 0.241 e. The highest BCUT2D eigenvalue weighted by molar-refractivity contribution is 7.89. The van der Waals surface area contributed by atoms with E-state index in [1.807, 2.05) is 12.3 Å². The molecule has 0 saturated heterocycles. The van der Waals surface area contributed by atoms with Crippen LogP contribution in [0.1, 0.15) is 32.1 Å². The standard InChI is InChI=1S/C14H27N3O2S2/c1-4-9-17(6-3)10-8-16-21(18,19)14-7-11-20-13(14)12-15-5-2/h7,11,15-16H,4-6,8-10,12H2,1-3H3. The molecule has 5 nitrogen and oxygen atoms in total. The van der Waals surface area contributed by atoms with E-state index >= 15 is 0 Å². The third kappa shape index (κ3) is 6.04. The van der Waals surface area contributed by atoms with E-state index in [9.17, 15) is 8.42 Å². The van der Waals surface area contributed by atoms with E-state index < -0.39 is 10.0 Å². The SMILES string of the molecule is CCCN(CC)CCNS(=O)(=O)c1ccsc1CNCC. The van der Waals surface area contributed by atoms with Crippen LogP contribution >= 0.6 is 11.3 Å². The molecule has 0 aliphatic heterocycles. The average Bonchev–Trinajstić information content (AvgIpc) is 2.93. The molecule has 0 radical (unpaired) electrons. The molecule has 0 spiro atoms. The zero-order valence-electron chi connectivity index (χ0n) is 13.2. The molecule has 1 rings (SSSR count). The van der Waals surface area contributed by atoms with Crippen LogP contribution in [0.3, 0.4) is 0 Å². The van der Waals surface area contributed by atoms with Crippen LogP contribution in [0.25, 0.3) is 0 Å². The summed E-state index contributed by atoms with van der Waals surface area (Å²) in [7, 11) is -3.40. The van der Waals surface area contributed by atoms with E-state index in [1.165, 1.54) is 11.3 Å². The van der Waals surface area contributed by atoms with Gasteiger partial charge >= 0.3 is 0 Å². The van der Waals surface area contributed by atoms with Crippen LogP contribution in [0.5, 0.6) is 0 Å². The quantitative estimate of drug-likeness (QED) is 0.649. The molecule has 0 bridgehead atoms. The highest BCUT2D eigenvalue weighted by Gasteiger charge is 2.19. The van der Waals surface area contributed by atoms with Crippen LogP contribution in [0, 0.1) is 0 Å². The predicted octanol–water partition coefficient (Wildman–Crippen LogP) is 1.87. The fourth-order valence-electron chi connectivity index (χ4n) is 2.10. The number of rotatable bonds is 11. The number of nitrogens with one attached hydrogen (secondary N) is 2. The van der Waals surface area contributed by atoms with E-state index in [0.717, 1.165) is 37.5 Å². The Bertz CT molecular complexity index is 500. The minimum Gasteiger partial charge on any atom is -0.312 e. The molecule has 7 heteroatoms. The van der Waals surface area contributed by atoms with Gasteiger partial charge in [0.25, 0.3) is 0 Å². The van der Waals surface area contributed by atoms with Crippen molar-refractivity contribution in [1.29, 1.82) is 0 Å². The molecule has 122 valence electrons. The number of hydrogen-bond acceptors (Lipinski definition) is 5. The first-order valence-corrected chi connectivity index (χ1v) is 9.90. The van der Waals surface area contributed by atoms with Crippen LogP contribution in [-0.4, -0.2) is 46.0 Å². The van der Waals surface area contributed by atoms with Crippen molar-refractivity contribution in [1.82, 2.24) is 14.9 Å². The van der Waals surface area contributed by atoms with Crippen LogP contribution in [0.2, 0.25) is 0 Å². The lowest BCUT2D eigenvalue weighted by Gasteiger charge is -2.19. The maximum absolute atomic E-state index is 12.4. The molecule has 1 aromatic heterocycles. The highest BCUT2D eigenvalue weighted by atomic mass is 32.2. The van der Waals surface area contributed by atoms with Gasteiger partial charge in [-0.2, -0.15) is 0 Å². The lowest BCUT2D eigenvalue weighted by atomic mass is 10.4. The summed E-state index contributed by atoms with van der Waals surface area (Å²) < 4.78 is 27.4. The summed E-state index contributed by atoms with van der Waals surface area (Å²) in [5, 5.41) is 5.00. The maximum Gasteiger partial charge on any atom is 0.241 e. The van der Waals surface area contributed by atoms with Crippen molar-refractivity contribution >= 4 is 21.4 Å².